The number of benzene rings is 1. The number of methoxy groups -OCH3 is 1. The molecule has 1 atom stereocenters. The second kappa shape index (κ2) is 10.1. The van der Waals surface area contributed by atoms with Gasteiger partial charge in [-0.3, -0.25) is 19.5 Å². The third-order valence-electron chi connectivity index (χ3n) is 6.75. The van der Waals surface area contributed by atoms with Gasteiger partial charge in [-0.1, -0.05) is 12.1 Å². The molecule has 194 valence electrons. The van der Waals surface area contributed by atoms with Crippen LogP contribution in [0, 0.1) is 6.92 Å². The number of H-pyrrole nitrogens is 1. The zero-order valence-corrected chi connectivity index (χ0v) is 21.7. The van der Waals surface area contributed by atoms with E-state index >= 15 is 0 Å². The van der Waals surface area contributed by atoms with Gasteiger partial charge in [0.05, 0.1) is 36.4 Å². The average molecular weight is 505 g/mol. The summed E-state index contributed by atoms with van der Waals surface area (Å²) in [6, 6.07) is 5.51. The summed E-state index contributed by atoms with van der Waals surface area (Å²) >= 11 is 0. The largest absolute Gasteiger partial charge is 0.478 e. The van der Waals surface area contributed by atoms with Crippen LogP contribution in [0.5, 0.6) is 5.88 Å². The van der Waals surface area contributed by atoms with Crippen molar-refractivity contribution >= 4 is 34.1 Å². The van der Waals surface area contributed by atoms with E-state index < -0.39 is 0 Å². The summed E-state index contributed by atoms with van der Waals surface area (Å²) in [7, 11) is 5.48. The summed E-state index contributed by atoms with van der Waals surface area (Å²) in [5.74, 6) is 0.809. The number of rotatable bonds is 7. The molecular weight excluding hydrogens is 472 g/mol. The first-order valence-electron chi connectivity index (χ1n) is 12.2. The molecule has 12 heteroatoms. The Morgan fingerprint density at radius 1 is 1.16 bits per heavy atom. The number of likely N-dealkylation sites (N-methyl/N-ethyl adjacent to an activating group) is 1. The van der Waals surface area contributed by atoms with E-state index in [4.69, 9.17) is 9.72 Å². The Morgan fingerprint density at radius 2 is 1.95 bits per heavy atom. The molecule has 4 aromatic rings. The highest BCUT2D eigenvalue weighted by Gasteiger charge is 2.25. The van der Waals surface area contributed by atoms with E-state index in [-0.39, 0.29) is 11.9 Å². The SMILES string of the molecule is COc1nn(C)cc1Nc1ncc(C)c(-c2[nH]nc3c(NC(=O)[C@@H](C)N4CCN(C)CC4)cccc23)n1. The van der Waals surface area contributed by atoms with E-state index in [0.29, 0.717) is 34.4 Å². The highest BCUT2D eigenvalue weighted by Crippen LogP contribution is 2.32. The molecule has 0 radical (unpaired) electrons. The van der Waals surface area contributed by atoms with Crippen LogP contribution in [-0.4, -0.2) is 92.0 Å². The molecular formula is C25H32N10O2. The van der Waals surface area contributed by atoms with Gasteiger partial charge in [0.25, 0.3) is 5.88 Å². The first kappa shape index (κ1) is 24.7. The molecule has 1 aliphatic heterocycles. The lowest BCUT2D eigenvalue weighted by atomic mass is 10.1. The quantitative estimate of drug-likeness (QED) is 0.347. The predicted molar refractivity (Wildman–Crippen MR) is 142 cm³/mol. The number of carbonyl (C=O) groups excluding carboxylic acids is 1. The maximum Gasteiger partial charge on any atom is 0.256 e. The minimum absolute atomic E-state index is 0.0447. The average Bonchev–Trinajstić information content (AvgIpc) is 3.48. The van der Waals surface area contributed by atoms with Gasteiger partial charge < -0.3 is 20.3 Å². The zero-order chi connectivity index (χ0) is 26.1. The number of piperazine rings is 1. The summed E-state index contributed by atoms with van der Waals surface area (Å²) in [4.78, 5) is 26.7. The number of fused-ring (bicyclic) bond motifs is 1. The van der Waals surface area contributed by atoms with Gasteiger partial charge in [0, 0.05) is 44.8 Å². The number of aromatic amines is 1. The third-order valence-corrected chi connectivity index (χ3v) is 6.75. The number of hydrogen-bond acceptors (Lipinski definition) is 9. The van der Waals surface area contributed by atoms with E-state index in [1.54, 1.807) is 24.2 Å². The van der Waals surface area contributed by atoms with Crippen LogP contribution >= 0.6 is 0 Å². The molecule has 5 rings (SSSR count). The second-order valence-electron chi connectivity index (χ2n) is 9.38. The molecule has 1 aliphatic rings. The first-order chi connectivity index (χ1) is 17.8. The standard InChI is InChI=1S/C25H32N10O2/c1-15-13-26-25(28-19-14-34(4)32-24(19)37-5)29-20(15)22-17-7-6-8-18(21(17)30-31-22)27-23(36)16(2)35-11-9-33(3)10-12-35/h6-8,13-14,16H,9-12H2,1-5H3,(H,27,36)(H,30,31)(H,26,28,29)/t16-/m1/s1. The Bertz CT molecular complexity index is 1420. The maximum absolute atomic E-state index is 13.1. The van der Waals surface area contributed by atoms with Gasteiger partial charge in [0.1, 0.15) is 11.2 Å². The van der Waals surface area contributed by atoms with Crippen molar-refractivity contribution in [2.24, 2.45) is 7.05 Å². The van der Waals surface area contributed by atoms with E-state index in [1.165, 1.54) is 0 Å². The van der Waals surface area contributed by atoms with Crippen LogP contribution in [0.25, 0.3) is 22.3 Å². The smallest absolute Gasteiger partial charge is 0.256 e. The van der Waals surface area contributed by atoms with Crippen LogP contribution in [0.1, 0.15) is 12.5 Å². The van der Waals surface area contributed by atoms with Crippen molar-refractivity contribution in [3.63, 3.8) is 0 Å². The van der Waals surface area contributed by atoms with Crippen molar-refractivity contribution in [1.29, 1.82) is 0 Å². The van der Waals surface area contributed by atoms with Crippen LogP contribution in [-0.2, 0) is 11.8 Å². The second-order valence-corrected chi connectivity index (χ2v) is 9.38. The van der Waals surface area contributed by atoms with Crippen LogP contribution in [0.3, 0.4) is 0 Å². The van der Waals surface area contributed by atoms with E-state index in [0.717, 1.165) is 42.8 Å². The Labute approximate surface area is 215 Å². The zero-order valence-electron chi connectivity index (χ0n) is 21.7. The van der Waals surface area contributed by atoms with Crippen molar-refractivity contribution < 1.29 is 9.53 Å². The monoisotopic (exact) mass is 504 g/mol. The lowest BCUT2D eigenvalue weighted by Gasteiger charge is -2.35. The molecule has 1 fully saturated rings. The number of amides is 1. The fourth-order valence-corrected chi connectivity index (χ4v) is 4.51. The highest BCUT2D eigenvalue weighted by molar-refractivity contribution is 6.05. The highest BCUT2D eigenvalue weighted by atomic mass is 16.5. The molecule has 0 bridgehead atoms. The number of ether oxygens (including phenoxy) is 1. The Kier molecular flexibility index (Phi) is 6.76. The third kappa shape index (κ3) is 4.98. The van der Waals surface area contributed by atoms with E-state index in [9.17, 15) is 4.79 Å². The van der Waals surface area contributed by atoms with Crippen LogP contribution < -0.4 is 15.4 Å². The topological polar surface area (TPSA) is 129 Å². The number of anilines is 3. The number of hydrogen-bond donors (Lipinski definition) is 3. The molecule has 3 N–H and O–H groups in total. The number of para-hydroxylation sites is 1. The lowest BCUT2D eigenvalue weighted by Crippen LogP contribution is -2.51. The van der Waals surface area contributed by atoms with Gasteiger partial charge in [0.2, 0.25) is 11.9 Å². The Morgan fingerprint density at radius 3 is 2.70 bits per heavy atom. The van der Waals surface area contributed by atoms with Crippen LogP contribution in [0.15, 0.2) is 30.6 Å². The fraction of sp³-hybridized carbons (Fsp3) is 0.400. The molecule has 0 aliphatic carbocycles. The van der Waals surface area contributed by atoms with Gasteiger partial charge >= 0.3 is 0 Å². The van der Waals surface area contributed by atoms with Crippen molar-refractivity contribution in [2.75, 3.05) is 51.0 Å². The van der Waals surface area contributed by atoms with Crippen LogP contribution in [0.4, 0.5) is 17.3 Å². The normalized spacial score (nSPS) is 15.6. The number of nitrogens with zero attached hydrogens (tertiary/aromatic N) is 7. The van der Waals surface area contributed by atoms with Gasteiger partial charge in [-0.05, 0) is 32.5 Å². The van der Waals surface area contributed by atoms with Crippen molar-refractivity contribution in [1.82, 2.24) is 39.7 Å². The summed E-state index contributed by atoms with van der Waals surface area (Å²) in [6.45, 7) is 7.55. The van der Waals surface area contributed by atoms with Gasteiger partial charge in [-0.25, -0.2) is 9.97 Å². The van der Waals surface area contributed by atoms with Crippen molar-refractivity contribution in [3.8, 4) is 17.3 Å². The molecule has 1 amide bonds. The lowest BCUT2D eigenvalue weighted by molar-refractivity contribution is -0.121. The fourth-order valence-electron chi connectivity index (χ4n) is 4.51. The summed E-state index contributed by atoms with van der Waals surface area (Å²) in [5.41, 5.74) is 4.34. The van der Waals surface area contributed by atoms with Gasteiger partial charge in [0.15, 0.2) is 0 Å². The number of aryl methyl sites for hydroxylation is 2. The molecule has 4 heterocycles. The number of aromatic nitrogens is 6. The molecule has 0 unspecified atom stereocenters. The first-order valence-corrected chi connectivity index (χ1v) is 12.2. The van der Waals surface area contributed by atoms with Gasteiger partial charge in [-0.15, -0.1) is 5.10 Å². The van der Waals surface area contributed by atoms with Crippen LogP contribution in [0.2, 0.25) is 0 Å². The molecule has 0 spiro atoms. The van der Waals surface area contributed by atoms with E-state index in [1.807, 2.05) is 39.1 Å². The summed E-state index contributed by atoms with van der Waals surface area (Å²) < 4.78 is 6.97. The van der Waals surface area contributed by atoms with Gasteiger partial charge in [-0.2, -0.15) is 5.10 Å². The summed E-state index contributed by atoms with van der Waals surface area (Å²) in [6.07, 6.45) is 3.55. The minimum atomic E-state index is -0.232. The maximum atomic E-state index is 13.1. The molecule has 0 saturated carbocycles. The minimum Gasteiger partial charge on any atom is -0.478 e. The summed E-state index contributed by atoms with van der Waals surface area (Å²) in [5, 5.41) is 19.0. The van der Waals surface area contributed by atoms with Crippen molar-refractivity contribution in [3.05, 3.63) is 36.2 Å². The molecule has 1 saturated heterocycles. The Balaban J connectivity index is 1.40. The van der Waals surface area contributed by atoms with Crippen molar-refractivity contribution in [2.45, 2.75) is 19.9 Å². The number of nitrogens with one attached hydrogen (secondary N) is 3. The molecule has 3 aromatic heterocycles. The predicted octanol–water partition coefficient (Wildman–Crippen LogP) is 2.39. The Hall–Kier alpha value is -4.03. The number of carbonyl (C=O) groups is 1. The molecule has 1 aromatic carbocycles. The van der Waals surface area contributed by atoms with E-state index in [2.05, 4.69) is 47.8 Å². The molecule has 12 nitrogen and oxygen atoms in total. The molecule has 37 heavy (non-hydrogen) atoms.